The first kappa shape index (κ1) is 16.5. The molecule has 0 bridgehead atoms. The molecule has 0 atom stereocenters. The predicted molar refractivity (Wildman–Crippen MR) is 92.4 cm³/mol. The Kier molecular flexibility index (Phi) is 4.36. The van der Waals surface area contributed by atoms with E-state index in [4.69, 9.17) is 11.6 Å². The number of halogens is 1. The van der Waals surface area contributed by atoms with Crippen LogP contribution < -0.4 is 10.9 Å². The summed E-state index contributed by atoms with van der Waals surface area (Å²) >= 11 is 5.72. The van der Waals surface area contributed by atoms with E-state index in [0.717, 1.165) is 6.07 Å². The minimum absolute atomic E-state index is 0.0458. The number of hydrogen-bond acceptors (Lipinski definition) is 4. The monoisotopic (exact) mass is 358 g/mol. The maximum absolute atomic E-state index is 12.2. The molecule has 0 fully saturated rings. The average molecular weight is 359 g/mol. The highest BCUT2D eigenvalue weighted by molar-refractivity contribution is 6.32. The van der Waals surface area contributed by atoms with Crippen LogP contribution in [-0.4, -0.2) is 20.6 Å². The van der Waals surface area contributed by atoms with Crippen LogP contribution in [0.1, 0.15) is 10.4 Å². The van der Waals surface area contributed by atoms with Crippen LogP contribution in [0.3, 0.4) is 0 Å². The highest BCUT2D eigenvalue weighted by Crippen LogP contribution is 2.25. The van der Waals surface area contributed by atoms with Crippen molar-refractivity contribution in [3.05, 3.63) is 85.7 Å². The maximum Gasteiger partial charge on any atom is 0.288 e. The first-order valence-corrected chi connectivity index (χ1v) is 7.46. The molecule has 1 aromatic heterocycles. The number of aromatic amines is 1. The third kappa shape index (κ3) is 3.43. The van der Waals surface area contributed by atoms with Gasteiger partial charge in [0.15, 0.2) is 0 Å². The van der Waals surface area contributed by atoms with Gasteiger partial charge in [-0.15, -0.1) is 0 Å². The lowest BCUT2D eigenvalue weighted by atomic mass is 10.2. The maximum atomic E-state index is 12.2. The second-order valence-corrected chi connectivity index (χ2v) is 5.46. The fraction of sp³-hybridized carbons (Fsp3) is 0. The van der Waals surface area contributed by atoms with Gasteiger partial charge in [0.1, 0.15) is 10.8 Å². The van der Waals surface area contributed by atoms with E-state index in [1.54, 1.807) is 24.3 Å². The number of hydrogen-bond donors (Lipinski definition) is 2. The van der Waals surface area contributed by atoms with Gasteiger partial charge in [-0.1, -0.05) is 29.8 Å². The molecule has 0 aliphatic carbocycles. The van der Waals surface area contributed by atoms with E-state index in [1.165, 1.54) is 22.9 Å². The summed E-state index contributed by atoms with van der Waals surface area (Å²) in [6, 6.07) is 13.7. The number of nitrogens with zero attached hydrogens (tertiary/aromatic N) is 2. The average Bonchev–Trinajstić information content (AvgIpc) is 2.96. The van der Waals surface area contributed by atoms with Crippen molar-refractivity contribution in [3.8, 4) is 5.69 Å². The summed E-state index contributed by atoms with van der Waals surface area (Å²) in [6.07, 6.45) is 0. The lowest BCUT2D eigenvalue weighted by Crippen LogP contribution is -2.13. The molecule has 0 aliphatic heterocycles. The number of nitro groups is 1. The molecule has 0 saturated heterocycles. The molecule has 3 aromatic rings. The van der Waals surface area contributed by atoms with Gasteiger partial charge in [-0.05, 0) is 24.3 Å². The summed E-state index contributed by atoms with van der Waals surface area (Å²) in [6.45, 7) is 0. The second-order valence-electron chi connectivity index (χ2n) is 5.06. The van der Waals surface area contributed by atoms with Crippen molar-refractivity contribution in [2.75, 3.05) is 5.32 Å². The molecular weight excluding hydrogens is 348 g/mol. The van der Waals surface area contributed by atoms with Crippen LogP contribution in [0.5, 0.6) is 0 Å². The Morgan fingerprint density at radius 3 is 2.56 bits per heavy atom. The van der Waals surface area contributed by atoms with E-state index < -0.39 is 10.8 Å². The van der Waals surface area contributed by atoms with Gasteiger partial charge in [0.25, 0.3) is 17.2 Å². The first-order valence-electron chi connectivity index (χ1n) is 7.08. The third-order valence-electron chi connectivity index (χ3n) is 3.39. The number of carbonyl (C=O) groups is 1. The lowest BCUT2D eigenvalue weighted by molar-refractivity contribution is -0.384. The number of nitrogens with one attached hydrogen (secondary N) is 2. The SMILES string of the molecule is O=C(Nc1cc(=O)n(-c2ccccc2)[nH]1)c1ccc(Cl)c([N+](=O)[O-])c1. The quantitative estimate of drug-likeness (QED) is 0.551. The minimum Gasteiger partial charge on any atom is -0.307 e. The number of nitro benzene ring substituents is 1. The zero-order valence-corrected chi connectivity index (χ0v) is 13.4. The predicted octanol–water partition coefficient (Wildman–Crippen LogP) is 2.98. The second kappa shape index (κ2) is 6.62. The van der Waals surface area contributed by atoms with E-state index in [1.807, 2.05) is 6.07 Å². The number of aromatic nitrogens is 2. The largest absolute Gasteiger partial charge is 0.307 e. The molecule has 9 heteroatoms. The Hall–Kier alpha value is -3.39. The topological polar surface area (TPSA) is 110 Å². The molecule has 0 saturated carbocycles. The smallest absolute Gasteiger partial charge is 0.288 e. The van der Waals surface area contributed by atoms with Gasteiger partial charge in [-0.3, -0.25) is 24.8 Å². The van der Waals surface area contributed by atoms with Gasteiger partial charge in [0.2, 0.25) is 0 Å². The van der Waals surface area contributed by atoms with Crippen molar-refractivity contribution in [1.29, 1.82) is 0 Å². The van der Waals surface area contributed by atoms with Crippen LogP contribution in [0.15, 0.2) is 59.4 Å². The van der Waals surface area contributed by atoms with Crippen molar-refractivity contribution in [1.82, 2.24) is 9.78 Å². The van der Waals surface area contributed by atoms with Crippen molar-refractivity contribution >= 4 is 29.0 Å². The molecule has 0 unspecified atom stereocenters. The van der Waals surface area contributed by atoms with Crippen molar-refractivity contribution < 1.29 is 9.72 Å². The van der Waals surface area contributed by atoms with Gasteiger partial charge in [0, 0.05) is 17.7 Å². The van der Waals surface area contributed by atoms with E-state index in [9.17, 15) is 19.7 Å². The number of rotatable bonds is 4. The summed E-state index contributed by atoms with van der Waals surface area (Å²) in [5.41, 5.74) is -0.0761. The molecule has 8 nitrogen and oxygen atoms in total. The van der Waals surface area contributed by atoms with Crippen molar-refractivity contribution in [3.63, 3.8) is 0 Å². The Morgan fingerprint density at radius 1 is 1.16 bits per heavy atom. The molecular formula is C16H11ClN4O4. The zero-order valence-electron chi connectivity index (χ0n) is 12.6. The van der Waals surface area contributed by atoms with Crippen LogP contribution in [0, 0.1) is 10.1 Å². The molecule has 0 spiro atoms. The van der Waals surface area contributed by atoms with Gasteiger partial charge in [-0.2, -0.15) is 0 Å². The van der Waals surface area contributed by atoms with E-state index in [-0.39, 0.29) is 27.7 Å². The van der Waals surface area contributed by atoms with Crippen molar-refractivity contribution in [2.45, 2.75) is 0 Å². The molecule has 2 aromatic carbocycles. The van der Waals surface area contributed by atoms with Gasteiger partial charge >= 0.3 is 0 Å². The van der Waals surface area contributed by atoms with E-state index in [0.29, 0.717) is 5.69 Å². The number of para-hydroxylation sites is 1. The summed E-state index contributed by atoms with van der Waals surface area (Å²) in [7, 11) is 0. The standard InChI is InChI=1S/C16H11ClN4O4/c17-12-7-6-10(8-13(12)21(24)25)16(23)18-14-9-15(22)20(19-14)11-4-2-1-3-5-11/h1-9,19H,(H,18,23). The third-order valence-corrected chi connectivity index (χ3v) is 3.71. The van der Waals surface area contributed by atoms with E-state index >= 15 is 0 Å². The molecule has 0 aliphatic rings. The lowest BCUT2D eigenvalue weighted by Gasteiger charge is -2.04. The van der Waals surface area contributed by atoms with Gasteiger partial charge < -0.3 is 5.32 Å². The fourth-order valence-electron chi connectivity index (χ4n) is 2.22. The number of carbonyl (C=O) groups excluding carboxylic acids is 1. The molecule has 1 amide bonds. The number of anilines is 1. The summed E-state index contributed by atoms with van der Waals surface area (Å²) < 4.78 is 1.26. The molecule has 3 rings (SSSR count). The van der Waals surface area contributed by atoms with Crippen LogP contribution in [0.2, 0.25) is 5.02 Å². The Labute approximate surface area is 145 Å². The Morgan fingerprint density at radius 2 is 1.88 bits per heavy atom. The normalized spacial score (nSPS) is 10.4. The number of H-pyrrole nitrogens is 1. The molecule has 2 N–H and O–H groups in total. The van der Waals surface area contributed by atoms with Crippen LogP contribution >= 0.6 is 11.6 Å². The number of benzene rings is 2. The molecule has 25 heavy (non-hydrogen) atoms. The van der Waals surface area contributed by atoms with Crippen LogP contribution in [0.4, 0.5) is 11.5 Å². The van der Waals surface area contributed by atoms with Crippen LogP contribution in [-0.2, 0) is 0 Å². The Bertz CT molecular complexity index is 1010. The summed E-state index contributed by atoms with van der Waals surface area (Å²) in [5, 5.41) is 16.1. The fourth-order valence-corrected chi connectivity index (χ4v) is 2.40. The Balaban J connectivity index is 1.86. The molecule has 126 valence electrons. The van der Waals surface area contributed by atoms with Crippen molar-refractivity contribution in [2.24, 2.45) is 0 Å². The summed E-state index contributed by atoms with van der Waals surface area (Å²) in [4.78, 5) is 34.5. The molecule has 0 radical (unpaired) electrons. The minimum atomic E-state index is -0.674. The van der Waals surface area contributed by atoms with Crippen LogP contribution in [0.25, 0.3) is 5.69 Å². The van der Waals surface area contributed by atoms with E-state index in [2.05, 4.69) is 10.4 Å². The zero-order chi connectivity index (χ0) is 18.0. The van der Waals surface area contributed by atoms with Gasteiger partial charge in [-0.25, -0.2) is 4.68 Å². The molecule has 1 heterocycles. The summed E-state index contributed by atoms with van der Waals surface area (Å²) in [5.74, 6) is -0.447. The number of amides is 1. The first-order chi connectivity index (χ1) is 12.0. The highest BCUT2D eigenvalue weighted by atomic mass is 35.5. The van der Waals surface area contributed by atoms with Gasteiger partial charge in [0.05, 0.1) is 10.6 Å². The highest BCUT2D eigenvalue weighted by Gasteiger charge is 2.17.